The average molecular weight is 409 g/mol. The van der Waals surface area contributed by atoms with Gasteiger partial charge in [-0.25, -0.2) is 4.98 Å². The van der Waals surface area contributed by atoms with Crippen LogP contribution in [0.1, 0.15) is 27.3 Å². The number of ether oxygens (including phenoxy) is 1. The minimum Gasteiger partial charge on any atom is -0.497 e. The second kappa shape index (κ2) is 8.76. The van der Waals surface area contributed by atoms with Crippen molar-refractivity contribution in [3.05, 3.63) is 70.7 Å². The van der Waals surface area contributed by atoms with Crippen LogP contribution in [-0.4, -0.2) is 37.1 Å². The second-order valence-electron chi connectivity index (χ2n) is 7.49. The number of amides is 1. The highest BCUT2D eigenvalue weighted by Crippen LogP contribution is 2.29. The normalized spacial score (nSPS) is 18.6. The van der Waals surface area contributed by atoms with Crippen molar-refractivity contribution in [2.45, 2.75) is 25.9 Å². The number of benzene rings is 2. The van der Waals surface area contributed by atoms with Gasteiger partial charge in [-0.05, 0) is 31.2 Å². The van der Waals surface area contributed by atoms with E-state index >= 15 is 0 Å². The number of carbonyl (C=O) groups excluding carboxylic acids is 1. The zero-order valence-electron chi connectivity index (χ0n) is 16.8. The van der Waals surface area contributed by atoms with E-state index in [-0.39, 0.29) is 11.9 Å². The summed E-state index contributed by atoms with van der Waals surface area (Å²) >= 11 is 1.45. The fraction of sp³-hybridized carbons (Fsp3) is 0.304. The lowest BCUT2D eigenvalue weighted by molar-refractivity contribution is -0.901. The first-order valence-corrected chi connectivity index (χ1v) is 10.7. The Labute approximate surface area is 175 Å². The zero-order chi connectivity index (χ0) is 20.2. The summed E-state index contributed by atoms with van der Waals surface area (Å²) in [5.74, 6) is 0.800. The van der Waals surface area contributed by atoms with Gasteiger partial charge in [0, 0.05) is 17.5 Å². The largest absolute Gasteiger partial charge is 0.497 e. The van der Waals surface area contributed by atoms with Crippen molar-refractivity contribution in [2.24, 2.45) is 0 Å². The molecule has 0 radical (unpaired) electrons. The highest BCUT2D eigenvalue weighted by Gasteiger charge is 2.28. The lowest BCUT2D eigenvalue weighted by atomic mass is 10.2. The van der Waals surface area contributed by atoms with Gasteiger partial charge in [0.15, 0.2) is 0 Å². The maximum Gasteiger partial charge on any atom is 0.263 e. The van der Waals surface area contributed by atoms with Gasteiger partial charge in [-0.15, -0.1) is 11.3 Å². The topological polar surface area (TPSA) is 55.7 Å². The number of rotatable bonds is 6. The zero-order valence-corrected chi connectivity index (χ0v) is 17.6. The first-order chi connectivity index (χ1) is 14.1. The van der Waals surface area contributed by atoms with Crippen molar-refractivity contribution in [3.63, 3.8) is 0 Å². The summed E-state index contributed by atoms with van der Waals surface area (Å²) in [4.78, 5) is 19.7. The molecule has 1 amide bonds. The molecule has 6 heteroatoms. The van der Waals surface area contributed by atoms with Gasteiger partial charge < -0.3 is 15.0 Å². The van der Waals surface area contributed by atoms with Crippen molar-refractivity contribution in [3.8, 4) is 16.3 Å². The molecular formula is C23H26N3O2S+. The van der Waals surface area contributed by atoms with Crippen molar-refractivity contribution in [2.75, 3.05) is 20.2 Å². The average Bonchev–Trinajstić information content (AvgIpc) is 3.35. The summed E-state index contributed by atoms with van der Waals surface area (Å²) < 4.78 is 5.21. The van der Waals surface area contributed by atoms with Crippen LogP contribution < -0.4 is 15.0 Å². The molecule has 150 valence electrons. The van der Waals surface area contributed by atoms with Crippen molar-refractivity contribution >= 4 is 17.2 Å². The Morgan fingerprint density at radius 1 is 1.21 bits per heavy atom. The number of nitrogens with one attached hydrogen (secondary N) is 2. The molecule has 2 N–H and O–H groups in total. The third-order valence-electron chi connectivity index (χ3n) is 5.35. The molecule has 1 fully saturated rings. The van der Waals surface area contributed by atoms with Crippen LogP contribution in [0.2, 0.25) is 0 Å². The quantitative estimate of drug-likeness (QED) is 0.659. The number of methoxy groups -OCH3 is 1. The molecule has 1 aromatic heterocycles. The lowest BCUT2D eigenvalue weighted by Gasteiger charge is -2.14. The highest BCUT2D eigenvalue weighted by molar-refractivity contribution is 7.17. The van der Waals surface area contributed by atoms with Crippen LogP contribution in [-0.2, 0) is 6.54 Å². The summed E-state index contributed by atoms with van der Waals surface area (Å²) in [6, 6.07) is 18.5. The van der Waals surface area contributed by atoms with E-state index in [0.717, 1.165) is 48.1 Å². The Morgan fingerprint density at radius 3 is 2.69 bits per heavy atom. The summed E-state index contributed by atoms with van der Waals surface area (Å²) in [5, 5.41) is 4.08. The molecule has 1 aliphatic heterocycles. The van der Waals surface area contributed by atoms with Crippen LogP contribution in [0, 0.1) is 6.92 Å². The van der Waals surface area contributed by atoms with Crippen molar-refractivity contribution < 1.29 is 14.4 Å². The monoisotopic (exact) mass is 408 g/mol. The van der Waals surface area contributed by atoms with E-state index in [1.807, 2.05) is 37.3 Å². The summed E-state index contributed by atoms with van der Waals surface area (Å²) in [6.07, 6.45) is 1.01. The van der Waals surface area contributed by atoms with Crippen molar-refractivity contribution in [1.29, 1.82) is 0 Å². The van der Waals surface area contributed by atoms with E-state index in [4.69, 9.17) is 4.74 Å². The highest BCUT2D eigenvalue weighted by atomic mass is 32.1. The standard InChI is InChI=1S/C23H25N3O2S/c1-16-21(29-23(24-16)18-8-10-20(28-2)11-9-18)22(27)25-19-12-13-26(15-19)14-17-6-4-3-5-7-17/h3-11,19H,12-15H2,1-2H3,(H,25,27)/p+1/t19-/m1/s1. The van der Waals surface area contributed by atoms with E-state index in [1.54, 1.807) is 7.11 Å². The van der Waals surface area contributed by atoms with Gasteiger partial charge in [-0.3, -0.25) is 4.79 Å². The minimum atomic E-state index is -0.00859. The van der Waals surface area contributed by atoms with Crippen LogP contribution in [0.25, 0.3) is 10.6 Å². The molecule has 0 bridgehead atoms. The molecule has 2 heterocycles. The van der Waals surface area contributed by atoms with Crippen LogP contribution >= 0.6 is 11.3 Å². The number of hydrogen-bond donors (Lipinski definition) is 2. The van der Waals surface area contributed by atoms with Gasteiger partial charge >= 0.3 is 0 Å². The molecule has 3 aromatic rings. The summed E-state index contributed by atoms with van der Waals surface area (Å²) in [7, 11) is 1.65. The molecule has 5 nitrogen and oxygen atoms in total. The summed E-state index contributed by atoms with van der Waals surface area (Å²) in [5.41, 5.74) is 3.12. The molecule has 0 spiro atoms. The van der Waals surface area contributed by atoms with Crippen molar-refractivity contribution in [1.82, 2.24) is 10.3 Å². The Balaban J connectivity index is 1.38. The van der Waals surface area contributed by atoms with Crippen LogP contribution in [0.15, 0.2) is 54.6 Å². The molecule has 0 saturated carbocycles. The van der Waals surface area contributed by atoms with E-state index in [0.29, 0.717) is 4.88 Å². The molecule has 29 heavy (non-hydrogen) atoms. The van der Waals surface area contributed by atoms with Gasteiger partial charge in [0.2, 0.25) is 0 Å². The van der Waals surface area contributed by atoms with Crippen LogP contribution in [0.4, 0.5) is 0 Å². The van der Waals surface area contributed by atoms with Gasteiger partial charge in [0.05, 0.1) is 31.9 Å². The van der Waals surface area contributed by atoms with Gasteiger partial charge in [0.25, 0.3) is 5.91 Å². The molecular weight excluding hydrogens is 382 g/mol. The second-order valence-corrected chi connectivity index (χ2v) is 8.49. The first kappa shape index (κ1) is 19.6. The molecule has 1 aliphatic rings. The predicted octanol–water partition coefficient (Wildman–Crippen LogP) is 2.71. The van der Waals surface area contributed by atoms with E-state index in [9.17, 15) is 4.79 Å². The third-order valence-corrected chi connectivity index (χ3v) is 6.56. The molecule has 0 aliphatic carbocycles. The lowest BCUT2D eigenvalue weighted by Crippen LogP contribution is -3.09. The van der Waals surface area contributed by atoms with Gasteiger partial charge in [-0.2, -0.15) is 0 Å². The molecule has 4 rings (SSSR count). The maximum atomic E-state index is 12.9. The fourth-order valence-corrected chi connectivity index (χ4v) is 4.79. The number of aromatic nitrogens is 1. The number of aryl methyl sites for hydroxylation is 1. The van der Waals surface area contributed by atoms with Gasteiger partial charge in [0.1, 0.15) is 22.2 Å². The Kier molecular flexibility index (Phi) is 5.92. The first-order valence-electron chi connectivity index (χ1n) is 9.92. The minimum absolute atomic E-state index is 0.00859. The number of hydrogen-bond acceptors (Lipinski definition) is 4. The molecule has 2 aromatic carbocycles. The smallest absolute Gasteiger partial charge is 0.263 e. The van der Waals surface area contributed by atoms with E-state index < -0.39 is 0 Å². The fourth-order valence-electron chi connectivity index (χ4n) is 3.81. The number of likely N-dealkylation sites (tertiary alicyclic amines) is 1. The van der Waals surface area contributed by atoms with E-state index in [1.165, 1.54) is 21.8 Å². The Morgan fingerprint density at radius 2 is 1.97 bits per heavy atom. The summed E-state index contributed by atoms with van der Waals surface area (Å²) in [6.45, 7) is 4.96. The number of thiazole rings is 1. The van der Waals surface area contributed by atoms with E-state index in [2.05, 4.69) is 34.6 Å². The number of carbonyl (C=O) groups is 1. The maximum absolute atomic E-state index is 12.9. The number of quaternary nitrogens is 1. The van der Waals surface area contributed by atoms with Gasteiger partial charge in [-0.1, -0.05) is 30.3 Å². The Bertz CT molecular complexity index is 970. The predicted molar refractivity (Wildman–Crippen MR) is 116 cm³/mol. The molecule has 2 atom stereocenters. The van der Waals surface area contributed by atoms with Crippen LogP contribution in [0.5, 0.6) is 5.75 Å². The number of nitrogens with zero attached hydrogens (tertiary/aromatic N) is 1. The van der Waals surface area contributed by atoms with Crippen LogP contribution in [0.3, 0.4) is 0 Å². The Hall–Kier alpha value is -2.70. The SMILES string of the molecule is COc1ccc(-c2nc(C)c(C(=O)N[C@@H]3CC[NH+](Cc4ccccc4)C3)s2)cc1. The molecule has 1 unspecified atom stereocenters. The molecule has 1 saturated heterocycles. The third kappa shape index (κ3) is 4.66.